The molecule has 1 amide bonds. The van der Waals surface area contributed by atoms with Crippen molar-refractivity contribution in [2.75, 3.05) is 12.4 Å². The van der Waals surface area contributed by atoms with Gasteiger partial charge in [0.15, 0.2) is 11.6 Å². The van der Waals surface area contributed by atoms with Crippen LogP contribution in [-0.4, -0.2) is 23.2 Å². The molecule has 1 aromatic heterocycles. The highest BCUT2D eigenvalue weighted by atomic mass is 19.1. The first-order chi connectivity index (χ1) is 8.20. The number of nitrogens with one attached hydrogen (secondary N) is 2. The Balaban J connectivity index is 2.19. The normalized spacial score (nSPS) is 10.0. The topological polar surface area (TPSA) is 67.0 Å². The molecule has 1 heterocycles. The molecule has 0 spiro atoms. The number of halogens is 1. The standard InChI is InChI=1S/C11H10FN3O2/c1-17-10-4-7(2-3-9(10)12)11(16)15-8-5-13-14-6-8/h2-6H,1H3,(H,13,14)(H,15,16). The van der Waals surface area contributed by atoms with Crippen LogP contribution in [0.1, 0.15) is 10.4 Å². The van der Waals surface area contributed by atoms with Crippen molar-refractivity contribution in [3.8, 4) is 5.75 Å². The third-order valence-corrected chi connectivity index (χ3v) is 2.17. The fourth-order valence-electron chi connectivity index (χ4n) is 1.32. The molecule has 17 heavy (non-hydrogen) atoms. The van der Waals surface area contributed by atoms with Crippen molar-refractivity contribution in [2.24, 2.45) is 0 Å². The smallest absolute Gasteiger partial charge is 0.255 e. The maximum atomic E-state index is 13.1. The zero-order valence-corrected chi connectivity index (χ0v) is 9.03. The minimum Gasteiger partial charge on any atom is -0.494 e. The van der Waals surface area contributed by atoms with Gasteiger partial charge in [0, 0.05) is 11.8 Å². The van der Waals surface area contributed by atoms with Crippen LogP contribution >= 0.6 is 0 Å². The first-order valence-corrected chi connectivity index (χ1v) is 4.84. The third-order valence-electron chi connectivity index (χ3n) is 2.17. The molecule has 5 nitrogen and oxygen atoms in total. The van der Waals surface area contributed by atoms with E-state index in [1.54, 1.807) is 6.20 Å². The fraction of sp³-hybridized carbons (Fsp3) is 0.0909. The largest absolute Gasteiger partial charge is 0.494 e. The zero-order valence-electron chi connectivity index (χ0n) is 9.03. The number of amides is 1. The number of nitrogens with zero attached hydrogens (tertiary/aromatic N) is 1. The summed E-state index contributed by atoms with van der Waals surface area (Å²) in [6.45, 7) is 0. The van der Waals surface area contributed by atoms with Crippen LogP contribution in [0.4, 0.5) is 10.1 Å². The van der Waals surface area contributed by atoms with Gasteiger partial charge in [-0.3, -0.25) is 9.89 Å². The number of rotatable bonds is 3. The lowest BCUT2D eigenvalue weighted by Crippen LogP contribution is -2.11. The minimum atomic E-state index is -0.507. The number of aromatic nitrogens is 2. The molecule has 0 aliphatic carbocycles. The van der Waals surface area contributed by atoms with E-state index in [1.807, 2.05) is 0 Å². The Hall–Kier alpha value is -2.37. The molecule has 0 saturated carbocycles. The van der Waals surface area contributed by atoms with Crippen LogP contribution in [-0.2, 0) is 0 Å². The van der Waals surface area contributed by atoms with Gasteiger partial charge >= 0.3 is 0 Å². The number of carbonyl (C=O) groups excluding carboxylic acids is 1. The summed E-state index contributed by atoms with van der Waals surface area (Å²) in [5, 5.41) is 8.86. The summed E-state index contributed by atoms with van der Waals surface area (Å²) < 4.78 is 17.9. The van der Waals surface area contributed by atoms with Gasteiger partial charge in [-0.05, 0) is 18.2 Å². The van der Waals surface area contributed by atoms with Crippen molar-refractivity contribution in [3.63, 3.8) is 0 Å². The lowest BCUT2D eigenvalue weighted by molar-refractivity contribution is 0.102. The third kappa shape index (κ3) is 2.41. The van der Waals surface area contributed by atoms with Crippen molar-refractivity contribution in [2.45, 2.75) is 0 Å². The number of hydrogen-bond donors (Lipinski definition) is 2. The van der Waals surface area contributed by atoms with E-state index in [4.69, 9.17) is 4.74 Å². The van der Waals surface area contributed by atoms with Gasteiger partial charge in [0.05, 0.1) is 19.0 Å². The average Bonchev–Trinajstić information content (AvgIpc) is 2.82. The quantitative estimate of drug-likeness (QED) is 0.852. The van der Waals surface area contributed by atoms with Crippen LogP contribution < -0.4 is 10.1 Å². The number of aromatic amines is 1. The summed E-state index contributed by atoms with van der Waals surface area (Å²) in [5.74, 6) is -0.832. The number of ether oxygens (including phenoxy) is 1. The first-order valence-electron chi connectivity index (χ1n) is 4.84. The van der Waals surface area contributed by atoms with E-state index in [9.17, 15) is 9.18 Å². The maximum Gasteiger partial charge on any atom is 0.255 e. The highest BCUT2D eigenvalue weighted by Crippen LogP contribution is 2.18. The number of hydrogen-bond acceptors (Lipinski definition) is 3. The molecular formula is C11H10FN3O2. The molecular weight excluding hydrogens is 225 g/mol. The van der Waals surface area contributed by atoms with E-state index in [0.717, 1.165) is 0 Å². The number of H-pyrrole nitrogens is 1. The van der Waals surface area contributed by atoms with Gasteiger partial charge < -0.3 is 10.1 Å². The Bertz CT molecular complexity index is 526. The van der Waals surface area contributed by atoms with Crippen LogP contribution in [0.3, 0.4) is 0 Å². The molecule has 2 N–H and O–H groups in total. The molecule has 2 aromatic rings. The number of methoxy groups -OCH3 is 1. The first kappa shape index (κ1) is 11.1. The van der Waals surface area contributed by atoms with Crippen LogP contribution in [0.5, 0.6) is 5.75 Å². The van der Waals surface area contributed by atoms with Crippen molar-refractivity contribution >= 4 is 11.6 Å². The van der Waals surface area contributed by atoms with Gasteiger partial charge in [0.1, 0.15) is 0 Å². The molecule has 0 saturated heterocycles. The highest BCUT2D eigenvalue weighted by Gasteiger charge is 2.10. The van der Waals surface area contributed by atoms with Gasteiger partial charge in [-0.15, -0.1) is 0 Å². The van der Waals surface area contributed by atoms with E-state index >= 15 is 0 Å². The Morgan fingerprint density at radius 2 is 2.35 bits per heavy atom. The molecule has 1 aromatic carbocycles. The second-order valence-electron chi connectivity index (χ2n) is 3.29. The van der Waals surface area contributed by atoms with Crippen molar-refractivity contribution in [3.05, 3.63) is 42.0 Å². The van der Waals surface area contributed by atoms with E-state index < -0.39 is 5.82 Å². The van der Waals surface area contributed by atoms with Crippen molar-refractivity contribution in [1.29, 1.82) is 0 Å². The lowest BCUT2D eigenvalue weighted by Gasteiger charge is -2.05. The van der Waals surface area contributed by atoms with Gasteiger partial charge in [-0.1, -0.05) is 0 Å². The van der Waals surface area contributed by atoms with Gasteiger partial charge in [-0.25, -0.2) is 4.39 Å². The summed E-state index contributed by atoms with van der Waals surface area (Å²) in [6.07, 6.45) is 3.01. The van der Waals surface area contributed by atoms with E-state index in [1.165, 1.54) is 31.5 Å². The monoisotopic (exact) mass is 235 g/mol. The van der Waals surface area contributed by atoms with Gasteiger partial charge in [0.2, 0.25) is 0 Å². The van der Waals surface area contributed by atoms with E-state index in [-0.39, 0.29) is 11.7 Å². The summed E-state index contributed by atoms with van der Waals surface area (Å²) in [7, 11) is 1.34. The Morgan fingerprint density at radius 3 is 3.00 bits per heavy atom. The maximum absolute atomic E-state index is 13.1. The molecule has 6 heteroatoms. The number of carbonyl (C=O) groups is 1. The van der Waals surface area contributed by atoms with Gasteiger partial charge in [0.25, 0.3) is 5.91 Å². The lowest BCUT2D eigenvalue weighted by atomic mass is 10.2. The summed E-state index contributed by atoms with van der Waals surface area (Å²) in [6, 6.07) is 3.90. The Labute approximate surface area is 96.6 Å². The van der Waals surface area contributed by atoms with Crippen molar-refractivity contribution in [1.82, 2.24) is 10.2 Å². The van der Waals surface area contributed by atoms with E-state index in [2.05, 4.69) is 15.5 Å². The molecule has 0 atom stereocenters. The number of benzene rings is 1. The van der Waals surface area contributed by atoms with Crippen LogP contribution in [0, 0.1) is 5.82 Å². The summed E-state index contributed by atoms with van der Waals surface area (Å²) in [5.41, 5.74) is 0.850. The summed E-state index contributed by atoms with van der Waals surface area (Å²) >= 11 is 0. The number of anilines is 1. The minimum absolute atomic E-state index is 0.0323. The fourth-order valence-corrected chi connectivity index (χ4v) is 1.32. The molecule has 0 aliphatic rings. The van der Waals surface area contributed by atoms with Gasteiger partial charge in [-0.2, -0.15) is 5.10 Å². The van der Waals surface area contributed by atoms with Crippen LogP contribution in [0.25, 0.3) is 0 Å². The zero-order chi connectivity index (χ0) is 12.3. The van der Waals surface area contributed by atoms with Crippen molar-refractivity contribution < 1.29 is 13.9 Å². The van der Waals surface area contributed by atoms with E-state index in [0.29, 0.717) is 11.3 Å². The molecule has 0 bridgehead atoms. The molecule has 0 aliphatic heterocycles. The second kappa shape index (κ2) is 4.65. The molecule has 88 valence electrons. The molecule has 2 rings (SSSR count). The summed E-state index contributed by atoms with van der Waals surface area (Å²) in [4.78, 5) is 11.8. The SMILES string of the molecule is COc1cc(C(=O)Nc2cn[nH]c2)ccc1F. The predicted molar refractivity (Wildman–Crippen MR) is 59.5 cm³/mol. The average molecular weight is 235 g/mol. The molecule has 0 fully saturated rings. The predicted octanol–water partition coefficient (Wildman–Crippen LogP) is 1.81. The Kier molecular flexibility index (Phi) is 3.04. The van der Waals surface area contributed by atoms with Crippen LogP contribution in [0.2, 0.25) is 0 Å². The molecule has 0 radical (unpaired) electrons. The molecule has 0 unspecified atom stereocenters. The Morgan fingerprint density at radius 1 is 1.53 bits per heavy atom. The highest BCUT2D eigenvalue weighted by molar-refractivity contribution is 6.04. The second-order valence-corrected chi connectivity index (χ2v) is 3.29. The van der Waals surface area contributed by atoms with Crippen LogP contribution in [0.15, 0.2) is 30.6 Å².